The van der Waals surface area contributed by atoms with Crippen molar-refractivity contribution in [3.8, 4) is 0 Å². The summed E-state index contributed by atoms with van der Waals surface area (Å²) in [7, 11) is 0. The maximum atomic E-state index is 12.8. The second-order valence-corrected chi connectivity index (χ2v) is 7.88. The molecule has 1 atom stereocenters. The van der Waals surface area contributed by atoms with Crippen LogP contribution in [0.25, 0.3) is 0 Å². The zero-order chi connectivity index (χ0) is 19.8. The number of benzene rings is 2. The summed E-state index contributed by atoms with van der Waals surface area (Å²) >= 11 is 0. The van der Waals surface area contributed by atoms with Gasteiger partial charge in [0.15, 0.2) is 0 Å². The molecule has 2 aliphatic rings. The maximum absolute atomic E-state index is 12.8. The van der Waals surface area contributed by atoms with E-state index in [0.717, 1.165) is 37.8 Å². The van der Waals surface area contributed by atoms with Gasteiger partial charge in [-0.05, 0) is 57.0 Å². The third kappa shape index (κ3) is 3.37. The van der Waals surface area contributed by atoms with Gasteiger partial charge in [0.1, 0.15) is 6.04 Å². The van der Waals surface area contributed by atoms with E-state index in [-0.39, 0.29) is 11.9 Å². The summed E-state index contributed by atoms with van der Waals surface area (Å²) in [5.74, 6) is 0.845. The summed E-state index contributed by atoms with van der Waals surface area (Å²) in [5.41, 5.74) is 5.99. The van der Waals surface area contributed by atoms with Crippen molar-refractivity contribution >= 4 is 23.2 Å². The van der Waals surface area contributed by atoms with Crippen molar-refractivity contribution in [3.05, 3.63) is 59.2 Å². The van der Waals surface area contributed by atoms with E-state index in [9.17, 15) is 4.79 Å². The van der Waals surface area contributed by atoms with E-state index in [4.69, 9.17) is 4.99 Å². The predicted molar refractivity (Wildman–Crippen MR) is 115 cm³/mol. The number of nitrogens with zero attached hydrogens (tertiary/aromatic N) is 4. The molecule has 28 heavy (non-hydrogen) atoms. The molecule has 0 spiro atoms. The van der Waals surface area contributed by atoms with Gasteiger partial charge in [-0.1, -0.05) is 29.8 Å². The van der Waals surface area contributed by atoms with E-state index < -0.39 is 0 Å². The van der Waals surface area contributed by atoms with Crippen molar-refractivity contribution in [1.82, 2.24) is 4.90 Å². The molecule has 5 heteroatoms. The first kappa shape index (κ1) is 18.5. The number of hydrogen-bond donors (Lipinski definition) is 0. The van der Waals surface area contributed by atoms with Gasteiger partial charge in [0, 0.05) is 31.9 Å². The molecule has 2 heterocycles. The van der Waals surface area contributed by atoms with E-state index in [2.05, 4.69) is 48.8 Å². The van der Waals surface area contributed by atoms with Crippen molar-refractivity contribution in [1.29, 1.82) is 0 Å². The summed E-state index contributed by atoms with van der Waals surface area (Å²) < 4.78 is 0. The van der Waals surface area contributed by atoms with Gasteiger partial charge in [-0.2, -0.15) is 0 Å². The Hall–Kier alpha value is -2.82. The Morgan fingerprint density at radius 2 is 1.46 bits per heavy atom. The van der Waals surface area contributed by atoms with Gasteiger partial charge in [0.25, 0.3) is 5.91 Å². The Kier molecular flexibility index (Phi) is 4.84. The average molecular weight is 377 g/mol. The van der Waals surface area contributed by atoms with Crippen molar-refractivity contribution in [2.45, 2.75) is 33.7 Å². The van der Waals surface area contributed by atoms with E-state index in [1.54, 1.807) is 4.90 Å². The van der Waals surface area contributed by atoms with Gasteiger partial charge in [-0.25, -0.2) is 9.89 Å². The predicted octanol–water partition coefficient (Wildman–Crippen LogP) is 3.53. The first-order chi connectivity index (χ1) is 13.4. The third-order valence-corrected chi connectivity index (χ3v) is 5.65. The number of aliphatic imine (C=N–C) groups is 1. The highest BCUT2D eigenvalue weighted by Crippen LogP contribution is 2.26. The minimum Gasteiger partial charge on any atom is -0.368 e. The van der Waals surface area contributed by atoms with Crippen LogP contribution in [0, 0.1) is 20.8 Å². The van der Waals surface area contributed by atoms with Crippen LogP contribution in [0.3, 0.4) is 0 Å². The lowest BCUT2D eigenvalue weighted by molar-refractivity contribution is -0.117. The fraction of sp³-hybridized carbons (Fsp3) is 0.391. The van der Waals surface area contributed by atoms with Crippen LogP contribution in [0.2, 0.25) is 0 Å². The second-order valence-electron chi connectivity index (χ2n) is 7.88. The maximum Gasteiger partial charge on any atom is 0.258 e. The fourth-order valence-corrected chi connectivity index (χ4v) is 3.94. The molecular formula is C23H28N4O. The lowest BCUT2D eigenvalue weighted by Gasteiger charge is -2.39. The Morgan fingerprint density at radius 1 is 0.857 bits per heavy atom. The van der Waals surface area contributed by atoms with Crippen molar-refractivity contribution < 1.29 is 4.79 Å². The normalized spacial score (nSPS) is 20.0. The summed E-state index contributed by atoms with van der Waals surface area (Å²) in [6.07, 6.45) is 0. The second kappa shape index (κ2) is 7.30. The highest BCUT2D eigenvalue weighted by atomic mass is 16.2. The zero-order valence-corrected chi connectivity index (χ0v) is 17.1. The lowest BCUT2D eigenvalue weighted by atomic mass is 10.1. The SMILES string of the molecule is Cc1ccc(N2C(=O)C(C)N=C2N2CCN(c3cc(C)ccc3C)CC2)cc1. The summed E-state index contributed by atoms with van der Waals surface area (Å²) in [4.78, 5) is 24.0. The molecule has 0 aliphatic carbocycles. The minimum atomic E-state index is -0.326. The quantitative estimate of drug-likeness (QED) is 0.805. The number of aryl methyl sites for hydroxylation is 3. The van der Waals surface area contributed by atoms with Gasteiger partial charge in [0.2, 0.25) is 5.96 Å². The van der Waals surface area contributed by atoms with Crippen LogP contribution in [0.1, 0.15) is 23.6 Å². The number of hydrogen-bond acceptors (Lipinski definition) is 4. The standard InChI is InChI=1S/C23H28N4O/c1-16-6-9-20(10-7-16)27-22(28)19(4)24-23(27)26-13-11-25(12-14-26)21-15-17(2)5-8-18(21)3/h5-10,15,19H,11-14H2,1-4H3. The molecule has 0 radical (unpaired) electrons. The number of carbonyl (C=O) groups excluding carboxylic acids is 1. The molecule has 0 N–H and O–H groups in total. The Labute approximate surface area is 167 Å². The highest BCUT2D eigenvalue weighted by Gasteiger charge is 2.37. The molecule has 0 saturated carbocycles. The van der Waals surface area contributed by atoms with E-state index in [0.29, 0.717) is 0 Å². The molecular weight excluding hydrogens is 348 g/mol. The van der Waals surface area contributed by atoms with Crippen molar-refractivity contribution in [3.63, 3.8) is 0 Å². The van der Waals surface area contributed by atoms with Crippen LogP contribution < -0.4 is 9.80 Å². The van der Waals surface area contributed by atoms with E-state index in [1.807, 2.05) is 31.2 Å². The third-order valence-electron chi connectivity index (χ3n) is 5.65. The van der Waals surface area contributed by atoms with E-state index in [1.165, 1.54) is 22.4 Å². The molecule has 0 aromatic heterocycles. The topological polar surface area (TPSA) is 39.2 Å². The summed E-state index contributed by atoms with van der Waals surface area (Å²) in [6, 6.07) is 14.4. The largest absolute Gasteiger partial charge is 0.368 e. The number of rotatable bonds is 2. The lowest BCUT2D eigenvalue weighted by Crippen LogP contribution is -2.53. The van der Waals surface area contributed by atoms with Gasteiger partial charge in [-0.3, -0.25) is 4.79 Å². The van der Waals surface area contributed by atoms with Crippen molar-refractivity contribution in [2.24, 2.45) is 4.99 Å². The highest BCUT2D eigenvalue weighted by molar-refractivity contribution is 6.21. The molecule has 1 fully saturated rings. The molecule has 5 nitrogen and oxygen atoms in total. The Bertz CT molecular complexity index is 911. The van der Waals surface area contributed by atoms with Crippen molar-refractivity contribution in [2.75, 3.05) is 36.0 Å². The molecule has 0 bridgehead atoms. The zero-order valence-electron chi connectivity index (χ0n) is 17.1. The molecule has 2 aliphatic heterocycles. The van der Waals surface area contributed by atoms with Crippen LogP contribution in [0.15, 0.2) is 47.5 Å². The van der Waals surface area contributed by atoms with Gasteiger partial charge >= 0.3 is 0 Å². The van der Waals surface area contributed by atoms with Crippen LogP contribution >= 0.6 is 0 Å². The van der Waals surface area contributed by atoms with Crippen LogP contribution in [0.4, 0.5) is 11.4 Å². The fourth-order valence-electron chi connectivity index (χ4n) is 3.94. The summed E-state index contributed by atoms with van der Waals surface area (Å²) in [5, 5.41) is 0. The molecule has 4 rings (SSSR count). The molecule has 1 saturated heterocycles. The Balaban J connectivity index is 1.53. The smallest absolute Gasteiger partial charge is 0.258 e. The molecule has 146 valence electrons. The van der Waals surface area contributed by atoms with Gasteiger partial charge in [-0.15, -0.1) is 0 Å². The van der Waals surface area contributed by atoms with Crippen LogP contribution in [-0.2, 0) is 4.79 Å². The molecule has 2 aromatic rings. The van der Waals surface area contributed by atoms with Crippen LogP contribution in [-0.4, -0.2) is 49.0 Å². The molecule has 1 amide bonds. The minimum absolute atomic E-state index is 0.0517. The van der Waals surface area contributed by atoms with Crippen LogP contribution in [0.5, 0.6) is 0 Å². The number of piperazine rings is 1. The van der Waals surface area contributed by atoms with Gasteiger partial charge < -0.3 is 9.80 Å². The first-order valence-corrected chi connectivity index (χ1v) is 9.99. The molecule has 2 aromatic carbocycles. The van der Waals surface area contributed by atoms with E-state index >= 15 is 0 Å². The number of guanidine groups is 1. The first-order valence-electron chi connectivity index (χ1n) is 9.99. The monoisotopic (exact) mass is 376 g/mol. The average Bonchev–Trinajstić information content (AvgIpc) is 2.99. The number of anilines is 2. The van der Waals surface area contributed by atoms with Gasteiger partial charge in [0.05, 0.1) is 5.69 Å². The molecule has 1 unspecified atom stereocenters. The number of carbonyl (C=O) groups is 1. The number of amides is 1. The Morgan fingerprint density at radius 3 is 2.14 bits per heavy atom. The summed E-state index contributed by atoms with van der Waals surface area (Å²) in [6.45, 7) is 11.8.